The molecular formula is C27H46O3. The second kappa shape index (κ2) is 7.87. The number of carbonyl (C=O) groups is 1. The van der Waals surface area contributed by atoms with E-state index in [9.17, 15) is 15.0 Å². The van der Waals surface area contributed by atoms with E-state index in [1.165, 1.54) is 38.5 Å². The van der Waals surface area contributed by atoms with Crippen LogP contribution in [0.1, 0.15) is 105 Å². The van der Waals surface area contributed by atoms with E-state index in [1.807, 2.05) is 0 Å². The fourth-order valence-corrected chi connectivity index (χ4v) is 9.04. The molecule has 4 fully saturated rings. The Morgan fingerprint density at radius 2 is 1.73 bits per heavy atom. The van der Waals surface area contributed by atoms with Gasteiger partial charge in [-0.2, -0.15) is 0 Å². The van der Waals surface area contributed by atoms with Crippen LogP contribution in [0.4, 0.5) is 0 Å². The van der Waals surface area contributed by atoms with Gasteiger partial charge < -0.3 is 10.2 Å². The quantitative estimate of drug-likeness (QED) is 0.596. The number of hydrogen-bond donors (Lipinski definition) is 2. The highest BCUT2D eigenvalue weighted by Gasteiger charge is 2.67. The SMILES string of the molecule is CC(C)CCC[C@@H](C)[C@H]1CC[C@H]2[C@@H]3CC(=O)[C@]4(O)C[C@@H](O)CC[C@]4(C)[C@H]3CC[C@]12C. The standard InChI is InChI=1S/C27H46O3/c1-17(2)7-6-8-18(3)21-9-10-22-20-15-24(29)27(30)16-19(28)11-14-26(27,5)23(20)12-13-25(21,22)4/h17-23,28,30H,6-16H2,1-5H3/t18-,19+,20+,21-,22+,23+,25-,26-,27-/m1/s1. The molecule has 4 saturated carbocycles. The first-order chi connectivity index (χ1) is 14.0. The highest BCUT2D eigenvalue weighted by atomic mass is 16.3. The zero-order chi connectivity index (χ0) is 21.9. The van der Waals surface area contributed by atoms with Crippen LogP contribution in [0.2, 0.25) is 0 Å². The Morgan fingerprint density at radius 3 is 2.43 bits per heavy atom. The van der Waals surface area contributed by atoms with E-state index < -0.39 is 11.7 Å². The van der Waals surface area contributed by atoms with E-state index in [1.54, 1.807) is 0 Å². The Balaban J connectivity index is 1.54. The molecule has 0 heterocycles. The van der Waals surface area contributed by atoms with E-state index in [0.29, 0.717) is 29.6 Å². The van der Waals surface area contributed by atoms with Crippen LogP contribution < -0.4 is 0 Å². The lowest BCUT2D eigenvalue weighted by atomic mass is 9.42. The van der Waals surface area contributed by atoms with Gasteiger partial charge >= 0.3 is 0 Å². The number of Topliss-reactive ketones (excluding diaryl/α,β-unsaturated/α-hetero) is 1. The van der Waals surface area contributed by atoms with Crippen LogP contribution >= 0.6 is 0 Å². The lowest BCUT2D eigenvalue weighted by Gasteiger charge is -2.63. The van der Waals surface area contributed by atoms with Crippen LogP contribution in [0, 0.1) is 46.3 Å². The molecule has 0 unspecified atom stereocenters. The summed E-state index contributed by atoms with van der Waals surface area (Å²) in [4.78, 5) is 13.3. The van der Waals surface area contributed by atoms with Crippen molar-refractivity contribution in [3.63, 3.8) is 0 Å². The normalized spacial score (nSPS) is 49.5. The average Bonchev–Trinajstić information content (AvgIpc) is 3.01. The number of rotatable bonds is 5. The van der Waals surface area contributed by atoms with Crippen molar-refractivity contribution in [2.45, 2.75) is 117 Å². The molecule has 0 aromatic heterocycles. The first-order valence-electron chi connectivity index (χ1n) is 13.0. The smallest absolute Gasteiger partial charge is 0.165 e. The number of aliphatic hydroxyl groups excluding tert-OH is 1. The molecule has 4 aliphatic carbocycles. The van der Waals surface area contributed by atoms with Crippen LogP contribution in [0.5, 0.6) is 0 Å². The van der Waals surface area contributed by atoms with Gasteiger partial charge in [0.25, 0.3) is 0 Å². The summed E-state index contributed by atoms with van der Waals surface area (Å²) in [5.41, 5.74) is -1.30. The van der Waals surface area contributed by atoms with Crippen molar-refractivity contribution in [1.29, 1.82) is 0 Å². The van der Waals surface area contributed by atoms with Crippen molar-refractivity contribution in [2.75, 3.05) is 0 Å². The molecule has 0 bridgehead atoms. The second-order valence-corrected chi connectivity index (χ2v) is 12.7. The first-order valence-corrected chi connectivity index (χ1v) is 13.0. The Bertz CT molecular complexity index is 658. The number of carbonyl (C=O) groups excluding carboxylic acids is 1. The minimum atomic E-state index is -1.30. The Morgan fingerprint density at radius 1 is 1.00 bits per heavy atom. The van der Waals surface area contributed by atoms with Crippen molar-refractivity contribution >= 4 is 5.78 Å². The second-order valence-electron chi connectivity index (χ2n) is 12.7. The minimum Gasteiger partial charge on any atom is -0.393 e. The minimum absolute atomic E-state index is 0.0303. The van der Waals surface area contributed by atoms with Gasteiger partial charge in [0.1, 0.15) is 5.60 Å². The van der Waals surface area contributed by atoms with E-state index in [0.717, 1.165) is 37.0 Å². The van der Waals surface area contributed by atoms with Gasteiger partial charge in [-0.15, -0.1) is 0 Å². The summed E-state index contributed by atoms with van der Waals surface area (Å²) >= 11 is 0. The molecule has 2 N–H and O–H groups in total. The molecule has 0 amide bonds. The summed E-state index contributed by atoms with van der Waals surface area (Å²) in [6, 6.07) is 0. The molecule has 0 aromatic rings. The maximum absolute atomic E-state index is 13.3. The monoisotopic (exact) mass is 418 g/mol. The molecule has 30 heavy (non-hydrogen) atoms. The third-order valence-electron chi connectivity index (χ3n) is 10.8. The summed E-state index contributed by atoms with van der Waals surface area (Å²) in [6.45, 7) is 11.9. The van der Waals surface area contributed by atoms with Crippen LogP contribution in [0.15, 0.2) is 0 Å². The third kappa shape index (κ3) is 3.33. The zero-order valence-electron chi connectivity index (χ0n) is 20.1. The molecule has 4 rings (SSSR count). The number of ketones is 1. The molecule has 0 aromatic carbocycles. The predicted molar refractivity (Wildman–Crippen MR) is 121 cm³/mol. The molecule has 3 nitrogen and oxygen atoms in total. The van der Waals surface area contributed by atoms with Crippen molar-refractivity contribution in [3.8, 4) is 0 Å². The Kier molecular flexibility index (Phi) is 5.97. The van der Waals surface area contributed by atoms with Gasteiger partial charge in [-0.1, -0.05) is 53.9 Å². The largest absolute Gasteiger partial charge is 0.393 e. The van der Waals surface area contributed by atoms with Gasteiger partial charge in [-0.3, -0.25) is 4.79 Å². The van der Waals surface area contributed by atoms with Crippen molar-refractivity contribution in [1.82, 2.24) is 0 Å². The maximum Gasteiger partial charge on any atom is 0.165 e. The number of hydrogen-bond acceptors (Lipinski definition) is 3. The fourth-order valence-electron chi connectivity index (χ4n) is 9.04. The molecule has 4 aliphatic rings. The highest BCUT2D eigenvalue weighted by Crippen LogP contribution is 2.68. The number of fused-ring (bicyclic) bond motifs is 5. The van der Waals surface area contributed by atoms with Crippen molar-refractivity contribution in [3.05, 3.63) is 0 Å². The highest BCUT2D eigenvalue weighted by molar-refractivity contribution is 5.89. The summed E-state index contributed by atoms with van der Waals surface area (Å²) in [7, 11) is 0. The molecule has 3 heteroatoms. The van der Waals surface area contributed by atoms with E-state index in [4.69, 9.17) is 0 Å². The van der Waals surface area contributed by atoms with Gasteiger partial charge in [0.15, 0.2) is 5.78 Å². The zero-order valence-corrected chi connectivity index (χ0v) is 20.1. The van der Waals surface area contributed by atoms with E-state index in [2.05, 4.69) is 34.6 Å². The lowest BCUT2D eigenvalue weighted by Crippen LogP contribution is -2.67. The molecular weight excluding hydrogens is 372 g/mol. The van der Waals surface area contributed by atoms with Crippen LogP contribution in [0.25, 0.3) is 0 Å². The Hall–Kier alpha value is -0.410. The number of aliphatic hydroxyl groups is 2. The van der Waals surface area contributed by atoms with Gasteiger partial charge in [-0.05, 0) is 79.4 Å². The summed E-state index contributed by atoms with van der Waals surface area (Å²) in [5, 5.41) is 21.7. The van der Waals surface area contributed by atoms with Crippen LogP contribution in [0.3, 0.4) is 0 Å². The molecule has 0 aliphatic heterocycles. The summed E-state index contributed by atoms with van der Waals surface area (Å²) in [5.74, 6) is 3.87. The van der Waals surface area contributed by atoms with E-state index >= 15 is 0 Å². The van der Waals surface area contributed by atoms with Crippen LogP contribution in [-0.4, -0.2) is 27.7 Å². The molecule has 9 atom stereocenters. The van der Waals surface area contributed by atoms with Gasteiger partial charge in [-0.25, -0.2) is 0 Å². The van der Waals surface area contributed by atoms with Crippen molar-refractivity contribution in [2.24, 2.45) is 46.3 Å². The molecule has 172 valence electrons. The van der Waals surface area contributed by atoms with Gasteiger partial charge in [0, 0.05) is 18.3 Å². The first kappa shape index (κ1) is 22.8. The molecule has 0 spiro atoms. The lowest BCUT2D eigenvalue weighted by molar-refractivity contribution is -0.213. The fraction of sp³-hybridized carbons (Fsp3) is 0.963. The van der Waals surface area contributed by atoms with E-state index in [-0.39, 0.29) is 17.6 Å². The third-order valence-corrected chi connectivity index (χ3v) is 10.8. The topological polar surface area (TPSA) is 57.5 Å². The Labute approximate surface area is 184 Å². The average molecular weight is 419 g/mol. The molecule has 0 radical (unpaired) electrons. The predicted octanol–water partition coefficient (Wildman–Crippen LogP) is 5.76. The van der Waals surface area contributed by atoms with Crippen molar-refractivity contribution < 1.29 is 15.0 Å². The maximum atomic E-state index is 13.3. The summed E-state index contributed by atoms with van der Waals surface area (Å²) < 4.78 is 0. The van der Waals surface area contributed by atoms with Crippen LogP contribution in [-0.2, 0) is 4.79 Å². The van der Waals surface area contributed by atoms with Gasteiger partial charge in [0.2, 0.25) is 0 Å². The van der Waals surface area contributed by atoms with Gasteiger partial charge in [0.05, 0.1) is 6.10 Å². The summed E-state index contributed by atoms with van der Waals surface area (Å²) in [6.07, 6.45) is 10.8. The molecule has 0 saturated heterocycles.